The molecule has 0 aliphatic heterocycles. The number of aliphatic hydroxyl groups excluding tert-OH is 1. The van der Waals surface area contributed by atoms with Crippen molar-refractivity contribution in [2.75, 3.05) is 0 Å². The van der Waals surface area contributed by atoms with Crippen LogP contribution in [0.2, 0.25) is 0 Å². The quantitative estimate of drug-likeness (QED) is 0.937. The molecule has 2 heterocycles. The third-order valence-electron chi connectivity index (χ3n) is 2.38. The van der Waals surface area contributed by atoms with Crippen molar-refractivity contribution < 1.29 is 22.8 Å². The Kier molecular flexibility index (Phi) is 3.40. The van der Waals surface area contributed by atoms with Crippen molar-refractivity contribution >= 4 is 11.3 Å². The maximum Gasteiger partial charge on any atom is 0.415 e. The molecule has 1 N–H and O–H groups in total. The lowest BCUT2D eigenvalue weighted by Crippen LogP contribution is -2.33. The van der Waals surface area contributed by atoms with Crippen LogP contribution in [0, 0.1) is 0 Å². The molecule has 2 unspecified atom stereocenters. The van der Waals surface area contributed by atoms with Gasteiger partial charge in [0.1, 0.15) is 0 Å². The van der Waals surface area contributed by atoms with E-state index in [9.17, 15) is 13.2 Å². The van der Waals surface area contributed by atoms with Crippen molar-refractivity contribution in [1.29, 1.82) is 0 Å². The predicted octanol–water partition coefficient (Wildman–Crippen LogP) is 2.82. The van der Waals surface area contributed by atoms with Crippen molar-refractivity contribution in [3.8, 4) is 10.7 Å². The summed E-state index contributed by atoms with van der Waals surface area (Å²) >= 11 is 1.35. The minimum Gasteiger partial charge on any atom is -0.383 e. The van der Waals surface area contributed by atoms with Gasteiger partial charge < -0.3 is 9.63 Å². The summed E-state index contributed by atoms with van der Waals surface area (Å²) < 4.78 is 41.7. The van der Waals surface area contributed by atoms with E-state index in [0.717, 1.165) is 0 Å². The van der Waals surface area contributed by atoms with Gasteiger partial charge in [0.2, 0.25) is 11.7 Å². The molecule has 2 atom stereocenters. The summed E-state index contributed by atoms with van der Waals surface area (Å²) in [7, 11) is 0. The molecule has 98 valence electrons. The van der Waals surface area contributed by atoms with Crippen LogP contribution in [0.25, 0.3) is 10.7 Å². The highest BCUT2D eigenvalue weighted by Gasteiger charge is 2.44. The first-order valence-corrected chi connectivity index (χ1v) is 5.90. The Labute approximate surface area is 104 Å². The molecule has 0 aromatic carbocycles. The van der Waals surface area contributed by atoms with Gasteiger partial charge in [-0.3, -0.25) is 0 Å². The van der Waals surface area contributed by atoms with Crippen LogP contribution in [-0.4, -0.2) is 27.5 Å². The molecule has 4 nitrogen and oxygen atoms in total. The summed E-state index contributed by atoms with van der Waals surface area (Å²) in [6.07, 6.45) is -7.23. The maximum atomic E-state index is 12.3. The third kappa shape index (κ3) is 2.54. The zero-order valence-electron chi connectivity index (χ0n) is 9.18. The summed E-state index contributed by atoms with van der Waals surface area (Å²) in [6.45, 7) is 1.18. The van der Waals surface area contributed by atoms with Crippen LogP contribution in [0.15, 0.2) is 22.0 Å². The standard InChI is InChI=1S/C10H9F3N2O2S/c1-5(7(16)10(11,12)13)9-14-8(15-17-9)6-3-2-4-18-6/h2-5,7,16H,1H3. The van der Waals surface area contributed by atoms with Gasteiger partial charge in [0.25, 0.3) is 0 Å². The number of aromatic nitrogens is 2. The molecule has 0 bridgehead atoms. The van der Waals surface area contributed by atoms with E-state index in [1.54, 1.807) is 17.5 Å². The van der Waals surface area contributed by atoms with E-state index in [1.807, 2.05) is 0 Å². The molecular weight excluding hydrogens is 269 g/mol. The molecule has 2 aromatic rings. The molecule has 0 aliphatic rings. The normalized spacial score (nSPS) is 15.6. The highest BCUT2D eigenvalue weighted by atomic mass is 32.1. The first-order valence-electron chi connectivity index (χ1n) is 5.02. The molecule has 18 heavy (non-hydrogen) atoms. The van der Waals surface area contributed by atoms with E-state index in [-0.39, 0.29) is 11.7 Å². The molecule has 0 saturated heterocycles. The van der Waals surface area contributed by atoms with Gasteiger partial charge in [-0.15, -0.1) is 11.3 Å². The second-order valence-corrected chi connectivity index (χ2v) is 4.66. The molecule has 0 fully saturated rings. The van der Waals surface area contributed by atoms with E-state index >= 15 is 0 Å². The molecule has 2 aromatic heterocycles. The number of halogens is 3. The van der Waals surface area contributed by atoms with Crippen molar-refractivity contribution in [3.63, 3.8) is 0 Å². The van der Waals surface area contributed by atoms with Crippen LogP contribution in [0.5, 0.6) is 0 Å². The van der Waals surface area contributed by atoms with Crippen LogP contribution in [0.4, 0.5) is 13.2 Å². The van der Waals surface area contributed by atoms with E-state index in [0.29, 0.717) is 4.88 Å². The number of hydrogen-bond donors (Lipinski definition) is 1. The van der Waals surface area contributed by atoms with Gasteiger partial charge in [-0.2, -0.15) is 18.2 Å². The zero-order valence-corrected chi connectivity index (χ0v) is 10.00. The van der Waals surface area contributed by atoms with E-state index in [1.165, 1.54) is 18.3 Å². The molecule has 0 spiro atoms. The van der Waals surface area contributed by atoms with Crippen molar-refractivity contribution in [2.24, 2.45) is 0 Å². The molecule has 0 amide bonds. The van der Waals surface area contributed by atoms with Gasteiger partial charge in [-0.25, -0.2) is 0 Å². The fourth-order valence-corrected chi connectivity index (χ4v) is 1.99. The lowest BCUT2D eigenvalue weighted by Gasteiger charge is -2.17. The van der Waals surface area contributed by atoms with Gasteiger partial charge in [-0.1, -0.05) is 18.1 Å². The Morgan fingerprint density at radius 2 is 2.17 bits per heavy atom. The maximum absolute atomic E-state index is 12.3. The largest absolute Gasteiger partial charge is 0.415 e. The summed E-state index contributed by atoms with van der Waals surface area (Å²) in [4.78, 5) is 4.55. The highest BCUT2D eigenvalue weighted by molar-refractivity contribution is 7.13. The van der Waals surface area contributed by atoms with Crippen molar-refractivity contribution in [3.05, 3.63) is 23.4 Å². The van der Waals surface area contributed by atoms with Gasteiger partial charge in [0, 0.05) is 0 Å². The van der Waals surface area contributed by atoms with Crippen LogP contribution in [0.1, 0.15) is 18.7 Å². The minimum absolute atomic E-state index is 0.223. The summed E-state index contributed by atoms with van der Waals surface area (Å²) in [5.41, 5.74) is 0. The summed E-state index contributed by atoms with van der Waals surface area (Å²) in [5.74, 6) is -1.31. The number of alkyl halides is 3. The Morgan fingerprint density at radius 3 is 2.72 bits per heavy atom. The average Bonchev–Trinajstić information content (AvgIpc) is 2.95. The second-order valence-electron chi connectivity index (χ2n) is 3.71. The fraction of sp³-hybridized carbons (Fsp3) is 0.400. The zero-order chi connectivity index (χ0) is 13.3. The smallest absolute Gasteiger partial charge is 0.383 e. The summed E-state index contributed by atoms with van der Waals surface area (Å²) in [5, 5.41) is 14.5. The van der Waals surface area contributed by atoms with E-state index in [2.05, 4.69) is 10.1 Å². The number of nitrogens with zero attached hydrogens (tertiary/aromatic N) is 2. The van der Waals surface area contributed by atoms with Crippen LogP contribution in [0.3, 0.4) is 0 Å². The number of thiophene rings is 1. The third-order valence-corrected chi connectivity index (χ3v) is 3.25. The number of hydrogen-bond acceptors (Lipinski definition) is 5. The Morgan fingerprint density at radius 1 is 1.44 bits per heavy atom. The monoisotopic (exact) mass is 278 g/mol. The lowest BCUT2D eigenvalue weighted by molar-refractivity contribution is -0.210. The SMILES string of the molecule is CC(c1nc(-c2cccs2)no1)C(O)C(F)(F)F. The molecule has 0 radical (unpaired) electrons. The topological polar surface area (TPSA) is 59.2 Å². The van der Waals surface area contributed by atoms with Gasteiger partial charge in [0.05, 0.1) is 10.8 Å². The van der Waals surface area contributed by atoms with E-state index < -0.39 is 18.2 Å². The van der Waals surface area contributed by atoms with Crippen molar-refractivity contribution in [1.82, 2.24) is 10.1 Å². The van der Waals surface area contributed by atoms with Crippen molar-refractivity contribution in [2.45, 2.75) is 25.1 Å². The molecular formula is C10H9F3N2O2S. The lowest BCUT2D eigenvalue weighted by atomic mass is 10.1. The van der Waals surface area contributed by atoms with Gasteiger partial charge in [0.15, 0.2) is 6.10 Å². The first kappa shape index (κ1) is 13.0. The van der Waals surface area contributed by atoms with Crippen LogP contribution >= 0.6 is 11.3 Å². The number of rotatable bonds is 3. The second kappa shape index (κ2) is 4.69. The van der Waals surface area contributed by atoms with Gasteiger partial charge >= 0.3 is 6.18 Å². The molecule has 0 aliphatic carbocycles. The molecule has 8 heteroatoms. The first-order chi connectivity index (χ1) is 8.39. The predicted molar refractivity (Wildman–Crippen MR) is 58.1 cm³/mol. The Balaban J connectivity index is 2.20. The Hall–Kier alpha value is -1.41. The average molecular weight is 278 g/mol. The highest BCUT2D eigenvalue weighted by Crippen LogP contribution is 2.32. The molecule has 0 saturated carbocycles. The number of aliphatic hydroxyl groups is 1. The summed E-state index contributed by atoms with van der Waals surface area (Å²) in [6, 6.07) is 3.49. The van der Waals surface area contributed by atoms with Crippen LogP contribution < -0.4 is 0 Å². The van der Waals surface area contributed by atoms with E-state index in [4.69, 9.17) is 9.63 Å². The molecule has 2 rings (SSSR count). The minimum atomic E-state index is -4.71. The van der Waals surface area contributed by atoms with Crippen LogP contribution in [-0.2, 0) is 0 Å². The van der Waals surface area contributed by atoms with Gasteiger partial charge in [-0.05, 0) is 11.4 Å². The Bertz CT molecular complexity index is 509. The fourth-order valence-electron chi connectivity index (χ4n) is 1.34.